The summed E-state index contributed by atoms with van der Waals surface area (Å²) >= 11 is 0. The van der Waals surface area contributed by atoms with E-state index < -0.39 is 0 Å². The van der Waals surface area contributed by atoms with Crippen LogP contribution < -0.4 is 21.3 Å². The summed E-state index contributed by atoms with van der Waals surface area (Å²) in [5.41, 5.74) is 2.86. The van der Waals surface area contributed by atoms with Gasteiger partial charge in [0.1, 0.15) is 0 Å². The molecule has 0 radical (unpaired) electrons. The fourth-order valence-electron chi connectivity index (χ4n) is 2.60. The van der Waals surface area contributed by atoms with Crippen LogP contribution in [0.1, 0.15) is 39.5 Å². The third kappa shape index (κ3) is 8.04. The molecule has 0 bridgehead atoms. The lowest BCUT2D eigenvalue weighted by molar-refractivity contribution is -0.117. The molecular weight excluding hydrogens is 368 g/mol. The lowest BCUT2D eigenvalue weighted by Crippen LogP contribution is -2.21. The number of carbonyl (C=O) groups is 3. The summed E-state index contributed by atoms with van der Waals surface area (Å²) in [4.78, 5) is 35.3. The van der Waals surface area contributed by atoms with Crippen LogP contribution in [0.5, 0.6) is 0 Å². The molecule has 0 saturated carbocycles. The predicted molar refractivity (Wildman–Crippen MR) is 117 cm³/mol. The van der Waals surface area contributed by atoms with Gasteiger partial charge < -0.3 is 21.3 Å². The Labute approximate surface area is 171 Å². The van der Waals surface area contributed by atoms with E-state index in [1.54, 1.807) is 36.4 Å². The summed E-state index contributed by atoms with van der Waals surface area (Å²) in [7, 11) is 0. The molecule has 0 atom stereocenters. The van der Waals surface area contributed by atoms with Crippen LogP contribution in [-0.4, -0.2) is 24.3 Å². The van der Waals surface area contributed by atoms with Crippen LogP contribution in [0.15, 0.2) is 48.5 Å². The second-order valence-electron chi connectivity index (χ2n) is 6.65. The fraction of sp³-hybridized carbons (Fsp3) is 0.318. The summed E-state index contributed by atoms with van der Waals surface area (Å²) in [6.07, 6.45) is 2.57. The molecule has 2 rings (SSSR count). The highest BCUT2D eigenvalue weighted by atomic mass is 16.2. The molecule has 0 saturated heterocycles. The zero-order valence-electron chi connectivity index (χ0n) is 16.9. The van der Waals surface area contributed by atoms with Crippen LogP contribution in [-0.2, 0) is 14.4 Å². The van der Waals surface area contributed by atoms with E-state index in [9.17, 15) is 14.4 Å². The van der Waals surface area contributed by atoms with Crippen molar-refractivity contribution in [2.24, 2.45) is 0 Å². The standard InChI is InChI=1S/C22H28N4O3/c1-3-5-20(27)24-17-9-7-16(8-10-17)23-15-22(29)26-19-13-11-18(12-14-19)25-21(28)6-4-2/h7-14,23H,3-6,15H2,1-2H3,(H,24,27)(H,25,28)(H,26,29). The second kappa shape index (κ2) is 11.5. The molecule has 29 heavy (non-hydrogen) atoms. The number of nitrogens with one attached hydrogen (secondary N) is 4. The topological polar surface area (TPSA) is 99.3 Å². The Morgan fingerprint density at radius 1 is 0.586 bits per heavy atom. The molecule has 0 aliphatic carbocycles. The van der Waals surface area contributed by atoms with Crippen LogP contribution in [0.2, 0.25) is 0 Å². The van der Waals surface area contributed by atoms with Gasteiger partial charge in [-0.2, -0.15) is 0 Å². The molecule has 7 nitrogen and oxygen atoms in total. The predicted octanol–water partition coefficient (Wildman–Crippen LogP) is 4.21. The Morgan fingerprint density at radius 2 is 0.931 bits per heavy atom. The first-order valence-corrected chi connectivity index (χ1v) is 9.83. The number of anilines is 4. The minimum absolute atomic E-state index is 0.0106. The van der Waals surface area contributed by atoms with Gasteiger partial charge in [-0.05, 0) is 61.4 Å². The lowest BCUT2D eigenvalue weighted by Gasteiger charge is -2.10. The maximum absolute atomic E-state index is 12.1. The summed E-state index contributed by atoms with van der Waals surface area (Å²) in [5.74, 6) is -0.221. The third-order valence-electron chi connectivity index (χ3n) is 4.03. The van der Waals surface area contributed by atoms with Crippen LogP contribution in [0.3, 0.4) is 0 Å². The van der Waals surface area contributed by atoms with Gasteiger partial charge in [0.2, 0.25) is 17.7 Å². The SMILES string of the molecule is CCCC(=O)Nc1ccc(NCC(=O)Nc2ccc(NC(=O)CCC)cc2)cc1. The van der Waals surface area contributed by atoms with Crippen molar-refractivity contribution >= 4 is 40.5 Å². The molecule has 4 N–H and O–H groups in total. The van der Waals surface area contributed by atoms with E-state index in [1.165, 1.54) is 0 Å². The highest BCUT2D eigenvalue weighted by Crippen LogP contribution is 2.15. The Kier molecular flexibility index (Phi) is 8.69. The van der Waals surface area contributed by atoms with Crippen molar-refractivity contribution in [3.8, 4) is 0 Å². The van der Waals surface area contributed by atoms with E-state index in [0.29, 0.717) is 24.2 Å². The van der Waals surface area contributed by atoms with Crippen LogP contribution >= 0.6 is 0 Å². The average molecular weight is 396 g/mol. The quantitative estimate of drug-likeness (QED) is 0.483. The van der Waals surface area contributed by atoms with Gasteiger partial charge in [0.15, 0.2) is 0 Å². The van der Waals surface area contributed by atoms with Crippen LogP contribution in [0, 0.1) is 0 Å². The van der Waals surface area contributed by atoms with Crippen molar-refractivity contribution < 1.29 is 14.4 Å². The molecule has 2 aromatic carbocycles. The summed E-state index contributed by atoms with van der Waals surface area (Å²) in [6, 6.07) is 14.2. The fourth-order valence-corrected chi connectivity index (χ4v) is 2.60. The van der Waals surface area contributed by atoms with Gasteiger partial charge in [-0.1, -0.05) is 13.8 Å². The maximum Gasteiger partial charge on any atom is 0.243 e. The monoisotopic (exact) mass is 396 g/mol. The van der Waals surface area contributed by atoms with Gasteiger partial charge in [-0.25, -0.2) is 0 Å². The highest BCUT2D eigenvalue weighted by molar-refractivity contribution is 5.95. The maximum atomic E-state index is 12.1. The number of rotatable bonds is 10. The molecule has 0 aromatic heterocycles. The first kappa shape index (κ1) is 21.9. The van der Waals surface area contributed by atoms with Crippen molar-refractivity contribution in [3.05, 3.63) is 48.5 Å². The smallest absolute Gasteiger partial charge is 0.243 e. The Morgan fingerprint density at radius 3 is 1.31 bits per heavy atom. The van der Waals surface area contributed by atoms with Crippen molar-refractivity contribution in [2.75, 3.05) is 27.8 Å². The van der Waals surface area contributed by atoms with E-state index in [0.717, 1.165) is 24.2 Å². The van der Waals surface area contributed by atoms with E-state index >= 15 is 0 Å². The molecule has 3 amide bonds. The van der Waals surface area contributed by atoms with E-state index in [-0.39, 0.29) is 24.3 Å². The lowest BCUT2D eigenvalue weighted by atomic mass is 10.2. The van der Waals surface area contributed by atoms with Gasteiger partial charge in [-0.15, -0.1) is 0 Å². The van der Waals surface area contributed by atoms with E-state index in [2.05, 4.69) is 21.3 Å². The van der Waals surface area contributed by atoms with E-state index in [1.807, 2.05) is 26.0 Å². The minimum atomic E-state index is -0.187. The zero-order chi connectivity index (χ0) is 21.1. The van der Waals surface area contributed by atoms with Crippen molar-refractivity contribution in [2.45, 2.75) is 39.5 Å². The Hall–Kier alpha value is -3.35. The van der Waals surface area contributed by atoms with Gasteiger partial charge in [0, 0.05) is 35.6 Å². The normalized spacial score (nSPS) is 10.1. The van der Waals surface area contributed by atoms with Crippen molar-refractivity contribution in [3.63, 3.8) is 0 Å². The number of benzene rings is 2. The zero-order valence-corrected chi connectivity index (χ0v) is 16.9. The minimum Gasteiger partial charge on any atom is -0.376 e. The number of hydrogen-bond acceptors (Lipinski definition) is 4. The molecule has 0 spiro atoms. The molecule has 154 valence electrons. The molecule has 0 aliphatic heterocycles. The largest absolute Gasteiger partial charge is 0.376 e. The third-order valence-corrected chi connectivity index (χ3v) is 4.03. The number of hydrogen-bond donors (Lipinski definition) is 4. The molecular formula is C22H28N4O3. The number of carbonyl (C=O) groups excluding carboxylic acids is 3. The number of amides is 3. The first-order valence-electron chi connectivity index (χ1n) is 9.83. The Bertz CT molecular complexity index is 817. The molecule has 0 unspecified atom stereocenters. The first-order chi connectivity index (χ1) is 14.0. The average Bonchev–Trinajstić information content (AvgIpc) is 2.69. The molecule has 2 aromatic rings. The summed E-state index contributed by atoms with van der Waals surface area (Å²) in [5, 5.41) is 11.5. The van der Waals surface area contributed by atoms with Crippen LogP contribution in [0.4, 0.5) is 22.7 Å². The van der Waals surface area contributed by atoms with Gasteiger partial charge in [-0.3, -0.25) is 14.4 Å². The molecule has 0 fully saturated rings. The summed E-state index contributed by atoms with van der Waals surface area (Å²) < 4.78 is 0. The summed E-state index contributed by atoms with van der Waals surface area (Å²) in [6.45, 7) is 4.01. The van der Waals surface area contributed by atoms with Crippen molar-refractivity contribution in [1.29, 1.82) is 0 Å². The van der Waals surface area contributed by atoms with E-state index in [4.69, 9.17) is 0 Å². The van der Waals surface area contributed by atoms with Crippen LogP contribution in [0.25, 0.3) is 0 Å². The van der Waals surface area contributed by atoms with Crippen molar-refractivity contribution in [1.82, 2.24) is 0 Å². The molecule has 7 heteroatoms. The van der Waals surface area contributed by atoms with Gasteiger partial charge in [0.05, 0.1) is 6.54 Å². The Balaban J connectivity index is 1.78. The van der Waals surface area contributed by atoms with Gasteiger partial charge in [0.25, 0.3) is 0 Å². The highest BCUT2D eigenvalue weighted by Gasteiger charge is 2.05. The van der Waals surface area contributed by atoms with Gasteiger partial charge >= 0.3 is 0 Å². The molecule has 0 aliphatic rings. The molecule has 0 heterocycles. The second-order valence-corrected chi connectivity index (χ2v) is 6.65.